The first-order valence-corrected chi connectivity index (χ1v) is 15.6. The van der Waals surface area contributed by atoms with Crippen LogP contribution in [0, 0.1) is 0 Å². The van der Waals surface area contributed by atoms with E-state index in [1.54, 1.807) is 24.5 Å². The molecule has 0 saturated carbocycles. The van der Waals surface area contributed by atoms with Crippen molar-refractivity contribution < 1.29 is 9.53 Å². The van der Waals surface area contributed by atoms with Crippen LogP contribution in [0.25, 0.3) is 27.8 Å². The molecule has 4 aromatic carbocycles. The molecule has 0 unspecified atom stereocenters. The molecule has 1 aliphatic heterocycles. The summed E-state index contributed by atoms with van der Waals surface area (Å²) in [6.07, 6.45) is 4.03. The number of aromatic nitrogens is 2. The Hall–Kier alpha value is -4.72. The van der Waals surface area contributed by atoms with Crippen molar-refractivity contribution in [3.8, 4) is 0 Å². The third kappa shape index (κ3) is 4.78. The van der Waals surface area contributed by atoms with E-state index in [0.717, 1.165) is 16.5 Å². The van der Waals surface area contributed by atoms with E-state index in [0.29, 0.717) is 37.7 Å². The highest BCUT2D eigenvalue weighted by molar-refractivity contribution is 7.07. The van der Waals surface area contributed by atoms with Crippen LogP contribution in [-0.2, 0) is 16.1 Å². The lowest BCUT2D eigenvalue weighted by molar-refractivity contribution is -0.139. The summed E-state index contributed by atoms with van der Waals surface area (Å²) in [6, 6.07) is 29.5. The highest BCUT2D eigenvalue weighted by Gasteiger charge is 2.34. The molecular weight excluding hydrogens is 590 g/mol. The highest BCUT2D eigenvalue weighted by Crippen LogP contribution is 2.34. The zero-order valence-electron chi connectivity index (χ0n) is 24.2. The van der Waals surface area contributed by atoms with E-state index < -0.39 is 12.0 Å². The van der Waals surface area contributed by atoms with E-state index in [1.807, 2.05) is 36.4 Å². The van der Waals surface area contributed by atoms with Crippen molar-refractivity contribution in [3.05, 3.63) is 150 Å². The van der Waals surface area contributed by atoms with Gasteiger partial charge in [0.2, 0.25) is 0 Å². The molecule has 7 rings (SSSR count). The molecule has 0 fully saturated rings. The Morgan fingerprint density at radius 3 is 2.52 bits per heavy atom. The summed E-state index contributed by atoms with van der Waals surface area (Å²) in [5.41, 5.74) is 4.45. The highest BCUT2D eigenvalue weighted by atomic mass is 35.5. The number of rotatable bonds is 6. The fourth-order valence-corrected chi connectivity index (χ4v) is 7.34. The Kier molecular flexibility index (Phi) is 7.28. The number of carbonyl (C=O) groups is 1. The summed E-state index contributed by atoms with van der Waals surface area (Å²) in [7, 11) is 0. The van der Waals surface area contributed by atoms with Crippen LogP contribution in [-0.4, -0.2) is 21.7 Å². The maximum Gasteiger partial charge on any atom is 0.338 e. The number of thiazole rings is 1. The van der Waals surface area contributed by atoms with Gasteiger partial charge in [-0.3, -0.25) is 9.36 Å². The molecule has 0 N–H and O–H groups in total. The van der Waals surface area contributed by atoms with Gasteiger partial charge >= 0.3 is 5.97 Å². The van der Waals surface area contributed by atoms with E-state index >= 15 is 0 Å². The third-order valence-electron chi connectivity index (χ3n) is 8.04. The van der Waals surface area contributed by atoms with Crippen LogP contribution in [0.5, 0.6) is 0 Å². The van der Waals surface area contributed by atoms with Gasteiger partial charge in [-0.05, 0) is 54.0 Å². The third-order valence-corrected chi connectivity index (χ3v) is 9.37. The Labute approximate surface area is 262 Å². The molecule has 8 heteroatoms. The summed E-state index contributed by atoms with van der Waals surface area (Å²) in [6.45, 7) is 4.42. The van der Waals surface area contributed by atoms with E-state index in [4.69, 9.17) is 21.3 Å². The first kappa shape index (κ1) is 28.1. The topological polar surface area (TPSA) is 65.6 Å². The smallest absolute Gasteiger partial charge is 0.338 e. The predicted molar refractivity (Wildman–Crippen MR) is 177 cm³/mol. The molecule has 2 aromatic heterocycles. The van der Waals surface area contributed by atoms with Gasteiger partial charge in [0.05, 0.1) is 22.4 Å². The molecule has 1 aliphatic rings. The SMILES string of the molecule is CCOC(=O)C1=C(C)N=c2s/c(=C\c3cn(Cc4cccc5ccccc45)c4ccccc34)c(=O)n2[C@@H]1c1ccccc1Cl. The van der Waals surface area contributed by atoms with Crippen LogP contribution in [0.15, 0.2) is 118 Å². The van der Waals surface area contributed by atoms with Gasteiger partial charge in [-0.1, -0.05) is 102 Å². The van der Waals surface area contributed by atoms with Crippen LogP contribution in [0.1, 0.15) is 36.6 Å². The van der Waals surface area contributed by atoms with E-state index in [-0.39, 0.29) is 12.2 Å². The summed E-state index contributed by atoms with van der Waals surface area (Å²) in [4.78, 5) is 32.6. The van der Waals surface area contributed by atoms with Gasteiger partial charge in [0.1, 0.15) is 6.04 Å². The van der Waals surface area contributed by atoms with Gasteiger partial charge < -0.3 is 9.30 Å². The minimum Gasteiger partial charge on any atom is -0.463 e. The number of hydrogen-bond donors (Lipinski definition) is 0. The number of benzene rings is 4. The molecule has 1 atom stereocenters. The van der Waals surface area contributed by atoms with Crippen molar-refractivity contribution in [2.75, 3.05) is 6.61 Å². The van der Waals surface area contributed by atoms with Crippen molar-refractivity contribution >= 4 is 56.7 Å². The fourth-order valence-electron chi connectivity index (χ4n) is 6.06. The predicted octanol–water partition coefficient (Wildman–Crippen LogP) is 6.61. The minimum atomic E-state index is -0.756. The first-order valence-electron chi connectivity index (χ1n) is 14.4. The van der Waals surface area contributed by atoms with Crippen LogP contribution in [0.3, 0.4) is 0 Å². The van der Waals surface area contributed by atoms with Crippen molar-refractivity contribution in [3.63, 3.8) is 0 Å². The zero-order chi connectivity index (χ0) is 30.4. The molecular formula is C36H28ClN3O3S. The monoisotopic (exact) mass is 617 g/mol. The maximum absolute atomic E-state index is 14.2. The average Bonchev–Trinajstić information content (AvgIpc) is 3.53. The number of fused-ring (bicyclic) bond motifs is 3. The standard InChI is InChI=1S/C36H28ClN3O3S/c1-3-43-35(42)32-22(2)38-36-40(33(32)28-16-6-8-17-29(28)37)34(41)31(44-36)19-25-21-39(30-18-9-7-15-27(25)30)20-24-13-10-12-23-11-4-5-14-26(23)24/h4-19,21,33H,3,20H2,1-2H3/b31-19-/t33-/m1/s1. The normalized spacial score (nSPS) is 15.1. The molecule has 0 aliphatic carbocycles. The second-order valence-corrected chi connectivity index (χ2v) is 12.1. The lowest BCUT2D eigenvalue weighted by Crippen LogP contribution is -2.40. The van der Waals surface area contributed by atoms with Crippen molar-refractivity contribution in [2.45, 2.75) is 26.4 Å². The van der Waals surface area contributed by atoms with Crippen LogP contribution in [0.4, 0.5) is 0 Å². The zero-order valence-corrected chi connectivity index (χ0v) is 25.7. The number of hydrogen-bond acceptors (Lipinski definition) is 5. The molecule has 0 radical (unpaired) electrons. The van der Waals surface area contributed by atoms with E-state index in [1.165, 1.54) is 27.7 Å². The number of allylic oxidation sites excluding steroid dienone is 1. The van der Waals surface area contributed by atoms with Gasteiger partial charge in [0.15, 0.2) is 4.80 Å². The lowest BCUT2D eigenvalue weighted by Gasteiger charge is -2.25. The Balaban J connectivity index is 1.39. The number of nitrogens with zero attached hydrogens (tertiary/aromatic N) is 3. The molecule has 3 heterocycles. The molecule has 0 amide bonds. The molecule has 6 aromatic rings. The van der Waals surface area contributed by atoms with Crippen LogP contribution < -0.4 is 14.9 Å². The molecule has 0 bridgehead atoms. The van der Waals surface area contributed by atoms with Gasteiger partial charge in [0, 0.05) is 34.2 Å². The largest absolute Gasteiger partial charge is 0.463 e. The first-order chi connectivity index (χ1) is 21.4. The number of esters is 1. The Morgan fingerprint density at radius 2 is 1.70 bits per heavy atom. The van der Waals surface area contributed by atoms with Crippen molar-refractivity contribution in [1.29, 1.82) is 0 Å². The molecule has 0 spiro atoms. The molecule has 218 valence electrons. The van der Waals surface area contributed by atoms with Crippen molar-refractivity contribution in [2.24, 2.45) is 4.99 Å². The van der Waals surface area contributed by atoms with Gasteiger partial charge in [-0.2, -0.15) is 0 Å². The quantitative estimate of drug-likeness (QED) is 0.198. The number of carbonyl (C=O) groups excluding carboxylic acids is 1. The minimum absolute atomic E-state index is 0.206. The van der Waals surface area contributed by atoms with Gasteiger partial charge in [-0.15, -0.1) is 0 Å². The number of halogens is 1. The maximum atomic E-state index is 14.2. The second-order valence-electron chi connectivity index (χ2n) is 10.7. The second kappa shape index (κ2) is 11.4. The molecule has 0 saturated heterocycles. The summed E-state index contributed by atoms with van der Waals surface area (Å²) >= 11 is 7.96. The average molecular weight is 618 g/mol. The number of para-hydroxylation sites is 1. The summed E-state index contributed by atoms with van der Waals surface area (Å²) < 4.78 is 9.73. The summed E-state index contributed by atoms with van der Waals surface area (Å²) in [5, 5.41) is 3.92. The Bertz CT molecular complexity index is 2310. The van der Waals surface area contributed by atoms with Crippen LogP contribution in [0.2, 0.25) is 5.02 Å². The number of ether oxygens (including phenoxy) is 1. The summed E-state index contributed by atoms with van der Waals surface area (Å²) in [5.74, 6) is -0.510. The molecule has 44 heavy (non-hydrogen) atoms. The van der Waals surface area contributed by atoms with Crippen LogP contribution >= 0.6 is 22.9 Å². The molecule has 6 nitrogen and oxygen atoms in total. The lowest BCUT2D eigenvalue weighted by atomic mass is 9.96. The van der Waals surface area contributed by atoms with E-state index in [9.17, 15) is 9.59 Å². The fraction of sp³-hybridized carbons (Fsp3) is 0.139. The van der Waals surface area contributed by atoms with Crippen molar-refractivity contribution in [1.82, 2.24) is 9.13 Å². The van der Waals surface area contributed by atoms with Gasteiger partial charge in [0.25, 0.3) is 5.56 Å². The van der Waals surface area contributed by atoms with E-state index in [2.05, 4.69) is 65.4 Å². The Morgan fingerprint density at radius 1 is 0.977 bits per heavy atom. The van der Waals surface area contributed by atoms with Gasteiger partial charge in [-0.25, -0.2) is 9.79 Å².